The lowest BCUT2D eigenvalue weighted by atomic mass is 10.2. The van der Waals surface area contributed by atoms with E-state index in [1.165, 1.54) is 13.2 Å². The van der Waals surface area contributed by atoms with Crippen LogP contribution >= 0.6 is 23.2 Å². The lowest BCUT2D eigenvalue weighted by Gasteiger charge is -2.15. The fourth-order valence-corrected chi connectivity index (χ4v) is 2.80. The first-order valence-electron chi connectivity index (χ1n) is 7.28. The fourth-order valence-electron chi connectivity index (χ4n) is 2.31. The summed E-state index contributed by atoms with van der Waals surface area (Å²) in [5, 5.41) is 3.47. The van der Waals surface area contributed by atoms with E-state index in [4.69, 9.17) is 27.9 Å². The van der Waals surface area contributed by atoms with Crippen LogP contribution in [-0.4, -0.2) is 26.6 Å². The second-order valence-corrected chi connectivity index (χ2v) is 6.24. The number of para-hydroxylation sites is 1. The fraction of sp³-hybridized carbons (Fsp3) is 0.235. The Bertz CT molecular complexity index is 720. The summed E-state index contributed by atoms with van der Waals surface area (Å²) in [6, 6.07) is 9.76. The van der Waals surface area contributed by atoms with Crippen LogP contribution in [0.15, 0.2) is 36.4 Å². The zero-order valence-corrected chi connectivity index (χ0v) is 14.8. The van der Waals surface area contributed by atoms with Crippen molar-refractivity contribution in [3.63, 3.8) is 0 Å². The van der Waals surface area contributed by atoms with Gasteiger partial charge in [-0.3, -0.25) is 4.79 Å². The number of hydrogen-bond donors (Lipinski definition) is 2. The molecule has 0 aromatic heterocycles. The molecule has 0 radical (unpaired) electrons. The molecule has 0 fully saturated rings. The Kier molecular flexibility index (Phi) is 6.43. The highest BCUT2D eigenvalue weighted by molar-refractivity contribution is 6.39. The third kappa shape index (κ3) is 4.84. The molecule has 0 saturated heterocycles. The normalized spacial score (nSPS) is 11.9. The van der Waals surface area contributed by atoms with Gasteiger partial charge < -0.3 is 15.0 Å². The van der Waals surface area contributed by atoms with Crippen molar-refractivity contribution < 1.29 is 18.8 Å². The molecule has 2 aromatic rings. The number of likely N-dealkylation sites (N-methyl/N-ethyl adjacent to an activating group) is 1. The third-order valence-electron chi connectivity index (χ3n) is 3.41. The average Bonchev–Trinajstić information content (AvgIpc) is 2.51. The van der Waals surface area contributed by atoms with Crippen molar-refractivity contribution >= 4 is 34.8 Å². The standard InChI is InChI=1S/C17H17Cl2FN2O2/c1-22(9-11-6-7-15(24-2)14(20)8-11)10-16(23)21-17-12(18)4-3-5-13(17)19/h3-8H,9-10H2,1-2H3,(H,21,23)/p+1. The molecule has 0 spiro atoms. The van der Waals surface area contributed by atoms with Crippen molar-refractivity contribution in [2.45, 2.75) is 6.54 Å². The Hall–Kier alpha value is -1.82. The number of anilines is 1. The molecule has 128 valence electrons. The van der Waals surface area contributed by atoms with Gasteiger partial charge >= 0.3 is 0 Å². The highest BCUT2D eigenvalue weighted by atomic mass is 35.5. The van der Waals surface area contributed by atoms with E-state index in [0.717, 1.165) is 10.5 Å². The van der Waals surface area contributed by atoms with Gasteiger partial charge in [-0.2, -0.15) is 0 Å². The molecular weight excluding hydrogens is 354 g/mol. The SMILES string of the molecule is COc1ccc(C[NH+](C)CC(=O)Nc2c(Cl)cccc2Cl)cc1F. The maximum Gasteiger partial charge on any atom is 0.279 e. The number of carbonyl (C=O) groups is 1. The summed E-state index contributed by atoms with van der Waals surface area (Å²) in [5.74, 6) is -0.450. The smallest absolute Gasteiger partial charge is 0.279 e. The molecule has 0 saturated carbocycles. The van der Waals surface area contributed by atoms with Crippen molar-refractivity contribution in [3.8, 4) is 5.75 Å². The minimum atomic E-state index is -0.421. The Balaban J connectivity index is 1.95. The van der Waals surface area contributed by atoms with E-state index in [-0.39, 0.29) is 18.2 Å². The molecule has 0 aliphatic rings. The quantitative estimate of drug-likeness (QED) is 0.819. The molecule has 2 N–H and O–H groups in total. The predicted octanol–water partition coefficient (Wildman–Crippen LogP) is 2.79. The Morgan fingerprint density at radius 1 is 1.25 bits per heavy atom. The van der Waals surface area contributed by atoms with Gasteiger partial charge in [0.05, 0.1) is 29.9 Å². The van der Waals surface area contributed by atoms with Crippen molar-refractivity contribution in [2.75, 3.05) is 26.0 Å². The zero-order chi connectivity index (χ0) is 17.7. The summed E-state index contributed by atoms with van der Waals surface area (Å²) in [6.45, 7) is 0.680. The minimum absolute atomic E-state index is 0.190. The second kappa shape index (κ2) is 8.33. The summed E-state index contributed by atoms with van der Waals surface area (Å²) >= 11 is 12.1. The van der Waals surface area contributed by atoms with E-state index in [1.807, 2.05) is 7.05 Å². The van der Waals surface area contributed by atoms with Gasteiger partial charge in [0.1, 0.15) is 6.54 Å². The molecule has 2 aromatic carbocycles. The molecule has 1 atom stereocenters. The number of rotatable bonds is 6. The summed E-state index contributed by atoms with van der Waals surface area (Å²) in [5.41, 5.74) is 1.17. The monoisotopic (exact) mass is 371 g/mol. The van der Waals surface area contributed by atoms with E-state index in [2.05, 4.69) is 5.32 Å². The van der Waals surface area contributed by atoms with Gasteiger partial charge in [-0.05, 0) is 30.3 Å². The van der Waals surface area contributed by atoms with Gasteiger partial charge in [0.2, 0.25) is 0 Å². The summed E-state index contributed by atoms with van der Waals surface area (Å²) < 4.78 is 18.6. The number of benzene rings is 2. The third-order valence-corrected chi connectivity index (χ3v) is 4.04. The van der Waals surface area contributed by atoms with Crippen LogP contribution in [0.4, 0.5) is 10.1 Å². The molecule has 0 bridgehead atoms. The summed E-state index contributed by atoms with van der Waals surface area (Å²) in [4.78, 5) is 13.0. The molecular formula is C17H18Cl2FN2O2+. The maximum absolute atomic E-state index is 13.7. The number of halogens is 3. The number of hydrogen-bond acceptors (Lipinski definition) is 2. The average molecular weight is 372 g/mol. The van der Waals surface area contributed by atoms with E-state index >= 15 is 0 Å². The van der Waals surface area contributed by atoms with Gasteiger partial charge in [-0.15, -0.1) is 0 Å². The molecule has 4 nitrogen and oxygen atoms in total. The van der Waals surface area contributed by atoms with Crippen LogP contribution < -0.4 is 15.0 Å². The van der Waals surface area contributed by atoms with Crippen LogP contribution in [0.1, 0.15) is 5.56 Å². The number of methoxy groups -OCH3 is 1. The van der Waals surface area contributed by atoms with Gasteiger partial charge in [0.25, 0.3) is 5.91 Å². The number of amides is 1. The van der Waals surface area contributed by atoms with Gasteiger partial charge in [0, 0.05) is 5.56 Å². The van der Waals surface area contributed by atoms with E-state index in [0.29, 0.717) is 22.3 Å². The molecule has 1 unspecified atom stereocenters. The van der Waals surface area contributed by atoms with Crippen LogP contribution in [0.3, 0.4) is 0 Å². The maximum atomic E-state index is 13.7. The second-order valence-electron chi connectivity index (χ2n) is 5.42. The number of quaternary nitrogens is 1. The van der Waals surface area contributed by atoms with E-state index < -0.39 is 5.82 Å². The molecule has 24 heavy (non-hydrogen) atoms. The largest absolute Gasteiger partial charge is 0.494 e. The molecule has 0 aliphatic carbocycles. The van der Waals surface area contributed by atoms with Crippen molar-refractivity contribution in [2.24, 2.45) is 0 Å². The first-order valence-corrected chi connectivity index (χ1v) is 8.04. The van der Waals surface area contributed by atoms with Gasteiger partial charge in [-0.25, -0.2) is 4.39 Å². The lowest BCUT2D eigenvalue weighted by molar-refractivity contribution is -0.885. The highest BCUT2D eigenvalue weighted by Crippen LogP contribution is 2.29. The van der Waals surface area contributed by atoms with Crippen LogP contribution in [0.5, 0.6) is 5.75 Å². The number of ether oxygens (including phenoxy) is 1. The van der Waals surface area contributed by atoms with Crippen LogP contribution in [-0.2, 0) is 11.3 Å². The number of nitrogens with one attached hydrogen (secondary N) is 2. The molecule has 0 aliphatic heterocycles. The predicted molar refractivity (Wildman–Crippen MR) is 93.5 cm³/mol. The Labute approximate surface area is 150 Å². The first kappa shape index (κ1) is 18.5. The zero-order valence-electron chi connectivity index (χ0n) is 13.3. The van der Waals surface area contributed by atoms with Crippen LogP contribution in [0.25, 0.3) is 0 Å². The van der Waals surface area contributed by atoms with Gasteiger partial charge in [0.15, 0.2) is 18.1 Å². The summed E-state index contributed by atoms with van der Waals surface area (Å²) in [6.07, 6.45) is 0. The minimum Gasteiger partial charge on any atom is -0.494 e. The van der Waals surface area contributed by atoms with Crippen molar-refractivity contribution in [3.05, 3.63) is 57.8 Å². The first-order chi connectivity index (χ1) is 11.4. The lowest BCUT2D eigenvalue weighted by Crippen LogP contribution is -3.08. The summed E-state index contributed by atoms with van der Waals surface area (Å²) in [7, 11) is 3.26. The molecule has 2 rings (SSSR count). The Morgan fingerprint density at radius 3 is 2.50 bits per heavy atom. The number of carbonyl (C=O) groups excluding carboxylic acids is 1. The molecule has 0 heterocycles. The van der Waals surface area contributed by atoms with Crippen molar-refractivity contribution in [1.82, 2.24) is 0 Å². The molecule has 1 amide bonds. The van der Waals surface area contributed by atoms with Crippen molar-refractivity contribution in [1.29, 1.82) is 0 Å². The van der Waals surface area contributed by atoms with Crippen LogP contribution in [0, 0.1) is 5.82 Å². The molecule has 7 heteroatoms. The highest BCUT2D eigenvalue weighted by Gasteiger charge is 2.15. The topological polar surface area (TPSA) is 42.8 Å². The van der Waals surface area contributed by atoms with E-state index in [9.17, 15) is 9.18 Å². The van der Waals surface area contributed by atoms with E-state index in [1.54, 1.807) is 30.3 Å². The van der Waals surface area contributed by atoms with Crippen LogP contribution in [0.2, 0.25) is 10.0 Å². The Morgan fingerprint density at radius 2 is 1.92 bits per heavy atom. The van der Waals surface area contributed by atoms with Gasteiger partial charge in [-0.1, -0.05) is 29.3 Å².